The standard InChI is InChI=1S/C20H18BrFN2O2S/c21-14-3-1-2-13-16(25)11-20(26-18(13)14)6-8-24(9-7-20)19-23-15-5-4-12(22)10-17(15)27-19/h1-5,10,16,25H,6-9,11H2/t16-/m1/s1. The van der Waals surface area contributed by atoms with Crippen LogP contribution in [0.25, 0.3) is 10.2 Å². The van der Waals surface area contributed by atoms with Crippen molar-refractivity contribution in [2.75, 3.05) is 18.0 Å². The van der Waals surface area contributed by atoms with Crippen molar-refractivity contribution in [2.24, 2.45) is 0 Å². The van der Waals surface area contributed by atoms with Crippen LogP contribution in [0, 0.1) is 5.82 Å². The Kier molecular flexibility index (Phi) is 4.14. The van der Waals surface area contributed by atoms with E-state index in [1.54, 1.807) is 6.07 Å². The molecule has 1 spiro atoms. The third kappa shape index (κ3) is 3.02. The van der Waals surface area contributed by atoms with Crippen LogP contribution in [0.1, 0.15) is 30.9 Å². The molecule has 2 aliphatic heterocycles. The van der Waals surface area contributed by atoms with Crippen LogP contribution < -0.4 is 9.64 Å². The van der Waals surface area contributed by atoms with Gasteiger partial charge in [-0.2, -0.15) is 0 Å². The predicted octanol–water partition coefficient (Wildman–Crippen LogP) is 5.05. The second kappa shape index (κ2) is 6.43. The Bertz CT molecular complexity index is 1020. The highest BCUT2D eigenvalue weighted by atomic mass is 79.9. The summed E-state index contributed by atoms with van der Waals surface area (Å²) in [4.78, 5) is 6.89. The number of hydrogen-bond donors (Lipinski definition) is 1. The maximum atomic E-state index is 13.4. The maximum Gasteiger partial charge on any atom is 0.186 e. The molecule has 1 N–H and O–H groups in total. The number of ether oxygens (including phenoxy) is 1. The second-order valence-electron chi connectivity index (χ2n) is 7.26. The average Bonchev–Trinajstić information content (AvgIpc) is 3.06. The van der Waals surface area contributed by atoms with Gasteiger partial charge in [0.1, 0.15) is 17.2 Å². The minimum absolute atomic E-state index is 0.232. The monoisotopic (exact) mass is 448 g/mol. The van der Waals surface area contributed by atoms with E-state index in [4.69, 9.17) is 4.74 Å². The number of aromatic nitrogens is 1. The summed E-state index contributed by atoms with van der Waals surface area (Å²) in [5, 5.41) is 11.6. The lowest BCUT2D eigenvalue weighted by atomic mass is 9.82. The van der Waals surface area contributed by atoms with E-state index in [-0.39, 0.29) is 11.4 Å². The average molecular weight is 449 g/mol. The first-order valence-electron chi connectivity index (χ1n) is 9.00. The second-order valence-corrected chi connectivity index (χ2v) is 9.12. The van der Waals surface area contributed by atoms with Crippen LogP contribution in [-0.4, -0.2) is 28.8 Å². The van der Waals surface area contributed by atoms with Crippen LogP contribution in [0.5, 0.6) is 5.75 Å². The normalized spacial score (nSPS) is 21.3. The lowest BCUT2D eigenvalue weighted by Crippen LogP contribution is -2.50. The van der Waals surface area contributed by atoms with Gasteiger partial charge < -0.3 is 14.7 Å². The van der Waals surface area contributed by atoms with Crippen molar-refractivity contribution < 1.29 is 14.2 Å². The summed E-state index contributed by atoms with van der Waals surface area (Å²) in [6.45, 7) is 1.60. The zero-order chi connectivity index (χ0) is 18.6. The highest BCUT2D eigenvalue weighted by Crippen LogP contribution is 2.47. The van der Waals surface area contributed by atoms with Crippen LogP contribution in [0.4, 0.5) is 9.52 Å². The molecule has 0 bridgehead atoms. The first-order valence-corrected chi connectivity index (χ1v) is 10.6. The predicted molar refractivity (Wildman–Crippen MR) is 108 cm³/mol. The third-order valence-corrected chi connectivity index (χ3v) is 7.23. The van der Waals surface area contributed by atoms with Crippen LogP contribution in [0.15, 0.2) is 40.9 Å². The zero-order valence-electron chi connectivity index (χ0n) is 14.5. The Balaban J connectivity index is 1.37. The van der Waals surface area contributed by atoms with Crippen molar-refractivity contribution in [1.29, 1.82) is 0 Å². The number of aliphatic hydroxyl groups excluding tert-OH is 1. The minimum atomic E-state index is -0.511. The molecule has 5 rings (SSSR count). The SMILES string of the molecule is O[C@@H]1CC2(CCN(c3nc4ccc(F)cc4s3)CC2)Oc2c(Br)cccc21. The number of rotatable bonds is 1. The van der Waals surface area contributed by atoms with Crippen LogP contribution in [0.3, 0.4) is 0 Å². The number of benzene rings is 2. The molecular formula is C20H18BrFN2O2S. The van der Waals surface area contributed by atoms with E-state index >= 15 is 0 Å². The van der Waals surface area contributed by atoms with Crippen molar-refractivity contribution >= 4 is 42.6 Å². The number of aliphatic hydroxyl groups is 1. The quantitative estimate of drug-likeness (QED) is 0.565. The number of anilines is 1. The molecule has 1 saturated heterocycles. The summed E-state index contributed by atoms with van der Waals surface area (Å²) in [6, 6.07) is 10.5. The van der Waals surface area contributed by atoms with E-state index < -0.39 is 6.10 Å². The smallest absolute Gasteiger partial charge is 0.186 e. The van der Waals surface area contributed by atoms with E-state index in [1.807, 2.05) is 18.2 Å². The van der Waals surface area contributed by atoms with Gasteiger partial charge in [0.05, 0.1) is 20.8 Å². The molecule has 0 saturated carbocycles. The Morgan fingerprint density at radius 2 is 2.07 bits per heavy atom. The molecule has 2 aliphatic rings. The van der Waals surface area contributed by atoms with Gasteiger partial charge in [-0.05, 0) is 40.2 Å². The highest BCUT2D eigenvalue weighted by Gasteiger charge is 2.43. The lowest BCUT2D eigenvalue weighted by molar-refractivity contribution is -0.0306. The van der Waals surface area contributed by atoms with Gasteiger partial charge in [-0.15, -0.1) is 0 Å². The van der Waals surface area contributed by atoms with Gasteiger partial charge in [-0.1, -0.05) is 23.5 Å². The minimum Gasteiger partial charge on any atom is -0.485 e. The molecule has 140 valence electrons. The zero-order valence-corrected chi connectivity index (χ0v) is 16.9. The van der Waals surface area contributed by atoms with Gasteiger partial charge in [-0.25, -0.2) is 9.37 Å². The fraction of sp³-hybridized carbons (Fsp3) is 0.350. The molecule has 1 aromatic heterocycles. The number of para-hydroxylation sites is 1. The van der Waals surface area contributed by atoms with Gasteiger partial charge in [0, 0.05) is 37.9 Å². The molecule has 0 aliphatic carbocycles. The Labute approximate surface area is 168 Å². The van der Waals surface area contributed by atoms with Gasteiger partial charge in [0.15, 0.2) is 5.13 Å². The summed E-state index contributed by atoms with van der Waals surface area (Å²) < 4.78 is 21.6. The molecule has 0 amide bonds. The molecular weight excluding hydrogens is 431 g/mol. The number of hydrogen-bond acceptors (Lipinski definition) is 5. The van der Waals surface area contributed by atoms with E-state index in [0.717, 1.165) is 57.1 Å². The third-order valence-electron chi connectivity index (χ3n) is 5.52. The maximum absolute atomic E-state index is 13.4. The number of halogens is 2. The molecule has 1 atom stereocenters. The van der Waals surface area contributed by atoms with E-state index in [2.05, 4.69) is 25.8 Å². The van der Waals surface area contributed by atoms with Crippen molar-refractivity contribution in [3.63, 3.8) is 0 Å². The Morgan fingerprint density at radius 3 is 2.89 bits per heavy atom. The molecule has 0 unspecified atom stereocenters. The van der Waals surface area contributed by atoms with Gasteiger partial charge >= 0.3 is 0 Å². The van der Waals surface area contributed by atoms with E-state index in [0.29, 0.717) is 6.42 Å². The van der Waals surface area contributed by atoms with Gasteiger partial charge in [0.2, 0.25) is 0 Å². The first kappa shape index (κ1) is 17.4. The summed E-state index contributed by atoms with van der Waals surface area (Å²) in [7, 11) is 0. The van der Waals surface area contributed by atoms with Crippen molar-refractivity contribution in [2.45, 2.75) is 31.0 Å². The molecule has 3 aromatic rings. The Hall–Kier alpha value is -1.70. The highest BCUT2D eigenvalue weighted by molar-refractivity contribution is 9.10. The van der Waals surface area contributed by atoms with E-state index in [9.17, 15) is 9.50 Å². The molecule has 2 aromatic carbocycles. The van der Waals surface area contributed by atoms with Crippen molar-refractivity contribution in [3.05, 3.63) is 52.3 Å². The fourth-order valence-electron chi connectivity index (χ4n) is 4.05. The summed E-state index contributed by atoms with van der Waals surface area (Å²) in [5.41, 5.74) is 1.33. The number of nitrogens with zero attached hydrogens (tertiary/aromatic N) is 2. The molecule has 7 heteroatoms. The first-order chi connectivity index (χ1) is 13.0. The lowest BCUT2D eigenvalue weighted by Gasteiger charge is -2.46. The Morgan fingerprint density at radius 1 is 1.26 bits per heavy atom. The van der Waals surface area contributed by atoms with Gasteiger partial charge in [-0.3, -0.25) is 0 Å². The largest absolute Gasteiger partial charge is 0.485 e. The number of fused-ring (bicyclic) bond motifs is 2. The molecule has 0 radical (unpaired) electrons. The fourth-order valence-corrected chi connectivity index (χ4v) is 5.55. The van der Waals surface area contributed by atoms with Crippen LogP contribution in [-0.2, 0) is 0 Å². The van der Waals surface area contributed by atoms with Crippen LogP contribution >= 0.6 is 27.3 Å². The summed E-state index contributed by atoms with van der Waals surface area (Å²) in [6.07, 6.45) is 1.72. The summed E-state index contributed by atoms with van der Waals surface area (Å²) >= 11 is 5.07. The van der Waals surface area contributed by atoms with E-state index in [1.165, 1.54) is 23.5 Å². The molecule has 4 nitrogen and oxygen atoms in total. The van der Waals surface area contributed by atoms with Crippen molar-refractivity contribution in [1.82, 2.24) is 4.98 Å². The molecule has 1 fully saturated rings. The number of piperidine rings is 1. The van der Waals surface area contributed by atoms with Gasteiger partial charge in [0.25, 0.3) is 0 Å². The van der Waals surface area contributed by atoms with Crippen LogP contribution in [0.2, 0.25) is 0 Å². The molecule has 3 heterocycles. The summed E-state index contributed by atoms with van der Waals surface area (Å²) in [5.74, 6) is 0.532. The topological polar surface area (TPSA) is 45.6 Å². The van der Waals surface area contributed by atoms with Crippen molar-refractivity contribution in [3.8, 4) is 5.75 Å². The number of thiazole rings is 1. The molecule has 27 heavy (non-hydrogen) atoms.